The van der Waals surface area contributed by atoms with Crippen LogP contribution < -0.4 is 10.5 Å². The molecule has 1 aliphatic carbocycles. The first kappa shape index (κ1) is 15.6. The zero-order valence-corrected chi connectivity index (χ0v) is 13.8. The van der Waals surface area contributed by atoms with Crippen LogP contribution >= 0.6 is 0 Å². The molecule has 3 aromatic carbocycles. The lowest BCUT2D eigenvalue weighted by atomic mass is 10.0. The maximum atomic E-state index is 12.5. The normalized spacial score (nSPS) is 18.6. The molecule has 0 aliphatic heterocycles. The molecule has 2 unspecified atom stereocenters. The maximum absolute atomic E-state index is 12.5. The Balaban J connectivity index is 1.53. The molecule has 0 aromatic heterocycles. The Morgan fingerprint density at radius 3 is 2.24 bits per heavy atom. The summed E-state index contributed by atoms with van der Waals surface area (Å²) in [6.45, 7) is 0. The van der Waals surface area contributed by atoms with E-state index in [9.17, 15) is 4.79 Å². The van der Waals surface area contributed by atoms with Crippen molar-refractivity contribution in [1.29, 1.82) is 0 Å². The van der Waals surface area contributed by atoms with E-state index in [-0.39, 0.29) is 17.9 Å². The molecule has 1 aliphatic rings. The average molecular weight is 329 g/mol. The molecule has 3 heteroatoms. The molecular formula is C22H19NO2. The summed E-state index contributed by atoms with van der Waals surface area (Å²) >= 11 is 0. The maximum Gasteiger partial charge on any atom is 0.193 e. The van der Waals surface area contributed by atoms with Crippen LogP contribution in [0.5, 0.6) is 5.75 Å². The number of ether oxygens (including phenoxy) is 1. The third-order valence-electron chi connectivity index (χ3n) is 4.62. The van der Waals surface area contributed by atoms with Crippen LogP contribution in [0, 0.1) is 0 Å². The second kappa shape index (κ2) is 6.54. The Hall–Kier alpha value is -2.91. The van der Waals surface area contributed by atoms with E-state index in [1.165, 1.54) is 5.56 Å². The van der Waals surface area contributed by atoms with Crippen molar-refractivity contribution in [2.75, 3.05) is 0 Å². The van der Waals surface area contributed by atoms with Gasteiger partial charge in [-0.05, 0) is 41.8 Å². The van der Waals surface area contributed by atoms with E-state index in [2.05, 4.69) is 12.1 Å². The van der Waals surface area contributed by atoms with Gasteiger partial charge in [0.2, 0.25) is 0 Å². The topological polar surface area (TPSA) is 52.3 Å². The second-order valence-electron chi connectivity index (χ2n) is 6.32. The zero-order chi connectivity index (χ0) is 17.2. The fourth-order valence-electron chi connectivity index (χ4n) is 3.33. The molecule has 0 bridgehead atoms. The Morgan fingerprint density at radius 1 is 0.840 bits per heavy atom. The molecule has 0 saturated carbocycles. The van der Waals surface area contributed by atoms with Gasteiger partial charge in [-0.15, -0.1) is 0 Å². The number of ketones is 1. The highest BCUT2D eigenvalue weighted by molar-refractivity contribution is 6.08. The summed E-state index contributed by atoms with van der Waals surface area (Å²) in [5, 5.41) is 0. The number of nitrogens with two attached hydrogens (primary N) is 1. The highest BCUT2D eigenvalue weighted by Gasteiger charge is 2.31. The van der Waals surface area contributed by atoms with E-state index < -0.39 is 0 Å². The SMILES string of the molecule is NC1Cc2ccccc2C1Oc1ccc(C(=O)c2ccccc2)cc1. The third kappa shape index (κ3) is 3.06. The highest BCUT2D eigenvalue weighted by atomic mass is 16.5. The van der Waals surface area contributed by atoms with Gasteiger partial charge in [0.1, 0.15) is 11.9 Å². The number of benzene rings is 3. The van der Waals surface area contributed by atoms with Gasteiger partial charge in [0, 0.05) is 17.2 Å². The van der Waals surface area contributed by atoms with Gasteiger partial charge in [-0.3, -0.25) is 4.79 Å². The van der Waals surface area contributed by atoms with Crippen molar-refractivity contribution in [3.8, 4) is 5.75 Å². The van der Waals surface area contributed by atoms with Gasteiger partial charge < -0.3 is 10.5 Å². The number of hydrogen-bond acceptors (Lipinski definition) is 3. The van der Waals surface area contributed by atoms with Crippen LogP contribution in [0.15, 0.2) is 78.9 Å². The number of fused-ring (bicyclic) bond motifs is 1. The Labute approximate surface area is 147 Å². The summed E-state index contributed by atoms with van der Waals surface area (Å²) < 4.78 is 6.12. The van der Waals surface area contributed by atoms with E-state index in [1.54, 1.807) is 12.1 Å². The van der Waals surface area contributed by atoms with Crippen molar-refractivity contribution in [2.45, 2.75) is 18.6 Å². The smallest absolute Gasteiger partial charge is 0.193 e. The highest BCUT2D eigenvalue weighted by Crippen LogP contribution is 2.34. The first-order chi connectivity index (χ1) is 12.2. The lowest BCUT2D eigenvalue weighted by Crippen LogP contribution is -2.28. The Morgan fingerprint density at radius 2 is 1.48 bits per heavy atom. The van der Waals surface area contributed by atoms with Gasteiger partial charge in [-0.1, -0.05) is 54.6 Å². The molecule has 0 saturated heterocycles. The molecule has 25 heavy (non-hydrogen) atoms. The molecule has 0 amide bonds. The lowest BCUT2D eigenvalue weighted by Gasteiger charge is -2.19. The Bertz CT molecular complexity index is 887. The van der Waals surface area contributed by atoms with E-state index in [1.807, 2.05) is 54.6 Å². The van der Waals surface area contributed by atoms with Gasteiger partial charge >= 0.3 is 0 Å². The summed E-state index contributed by atoms with van der Waals surface area (Å²) in [6, 6.07) is 24.7. The third-order valence-corrected chi connectivity index (χ3v) is 4.62. The van der Waals surface area contributed by atoms with Gasteiger partial charge in [0.05, 0.1) is 0 Å². The number of carbonyl (C=O) groups is 1. The number of rotatable bonds is 4. The van der Waals surface area contributed by atoms with E-state index in [0.29, 0.717) is 11.1 Å². The second-order valence-corrected chi connectivity index (χ2v) is 6.32. The fraction of sp³-hybridized carbons (Fsp3) is 0.136. The van der Waals surface area contributed by atoms with Gasteiger partial charge in [-0.2, -0.15) is 0 Å². The quantitative estimate of drug-likeness (QED) is 0.738. The van der Waals surface area contributed by atoms with Gasteiger partial charge in [-0.25, -0.2) is 0 Å². The summed E-state index contributed by atoms with van der Waals surface area (Å²) in [4.78, 5) is 12.5. The standard InChI is InChI=1S/C22H19NO2/c23-20-14-17-8-4-5-9-19(17)22(20)25-18-12-10-16(11-13-18)21(24)15-6-2-1-3-7-15/h1-13,20,22H,14,23H2. The molecule has 0 fully saturated rings. The Kier molecular flexibility index (Phi) is 4.08. The molecule has 3 aromatic rings. The predicted molar refractivity (Wildman–Crippen MR) is 97.8 cm³/mol. The largest absolute Gasteiger partial charge is 0.484 e. The minimum Gasteiger partial charge on any atom is -0.484 e. The van der Waals surface area contributed by atoms with Crippen LogP contribution in [0.25, 0.3) is 0 Å². The van der Waals surface area contributed by atoms with E-state index in [4.69, 9.17) is 10.5 Å². The summed E-state index contributed by atoms with van der Waals surface area (Å²) in [7, 11) is 0. The molecule has 3 nitrogen and oxygen atoms in total. The van der Waals surface area contributed by atoms with Crippen LogP contribution in [0.4, 0.5) is 0 Å². The molecule has 0 heterocycles. The number of carbonyl (C=O) groups excluding carboxylic acids is 1. The summed E-state index contributed by atoms with van der Waals surface area (Å²) in [5.74, 6) is 0.733. The first-order valence-corrected chi connectivity index (χ1v) is 8.42. The van der Waals surface area contributed by atoms with Crippen molar-refractivity contribution in [3.05, 3.63) is 101 Å². The van der Waals surface area contributed by atoms with Crippen LogP contribution in [0.2, 0.25) is 0 Å². The lowest BCUT2D eigenvalue weighted by molar-refractivity contribution is 0.103. The van der Waals surface area contributed by atoms with Crippen LogP contribution in [0.1, 0.15) is 33.2 Å². The van der Waals surface area contributed by atoms with E-state index >= 15 is 0 Å². The average Bonchev–Trinajstić information content (AvgIpc) is 2.98. The van der Waals surface area contributed by atoms with Crippen molar-refractivity contribution >= 4 is 5.78 Å². The molecule has 2 atom stereocenters. The van der Waals surface area contributed by atoms with Crippen LogP contribution in [-0.4, -0.2) is 11.8 Å². The van der Waals surface area contributed by atoms with Crippen LogP contribution in [0.3, 0.4) is 0 Å². The van der Waals surface area contributed by atoms with E-state index in [0.717, 1.165) is 17.7 Å². The van der Waals surface area contributed by atoms with Gasteiger partial charge in [0.25, 0.3) is 0 Å². The first-order valence-electron chi connectivity index (χ1n) is 8.42. The molecule has 0 spiro atoms. The van der Waals surface area contributed by atoms with Crippen molar-refractivity contribution < 1.29 is 9.53 Å². The summed E-state index contributed by atoms with van der Waals surface area (Å²) in [6.07, 6.45) is 0.678. The van der Waals surface area contributed by atoms with Crippen molar-refractivity contribution in [3.63, 3.8) is 0 Å². The fourth-order valence-corrected chi connectivity index (χ4v) is 3.33. The number of hydrogen-bond donors (Lipinski definition) is 1. The summed E-state index contributed by atoms with van der Waals surface area (Å²) in [5.41, 5.74) is 9.98. The molecular weight excluding hydrogens is 310 g/mol. The molecule has 4 rings (SSSR count). The minimum absolute atomic E-state index is 0.00932. The minimum atomic E-state index is -0.146. The van der Waals surface area contributed by atoms with Crippen molar-refractivity contribution in [1.82, 2.24) is 0 Å². The van der Waals surface area contributed by atoms with Crippen molar-refractivity contribution in [2.24, 2.45) is 5.73 Å². The molecule has 0 radical (unpaired) electrons. The van der Waals surface area contributed by atoms with Crippen LogP contribution in [-0.2, 0) is 6.42 Å². The zero-order valence-electron chi connectivity index (χ0n) is 13.8. The predicted octanol–water partition coefficient (Wildman–Crippen LogP) is 3.92. The van der Waals surface area contributed by atoms with Gasteiger partial charge in [0.15, 0.2) is 5.78 Å². The molecule has 124 valence electrons. The molecule has 2 N–H and O–H groups in total. The monoisotopic (exact) mass is 329 g/mol.